The number of nitrogens with one attached hydrogen (secondary N) is 2. The molecule has 0 radical (unpaired) electrons. The molecule has 0 bridgehead atoms. The normalized spacial score (nSPS) is 13.0. The van der Waals surface area contributed by atoms with Crippen molar-refractivity contribution in [2.24, 2.45) is 0 Å². The van der Waals surface area contributed by atoms with E-state index in [4.69, 9.17) is 9.47 Å². The van der Waals surface area contributed by atoms with Gasteiger partial charge in [-0.1, -0.05) is 13.8 Å². The van der Waals surface area contributed by atoms with Crippen molar-refractivity contribution in [3.63, 3.8) is 0 Å². The lowest BCUT2D eigenvalue weighted by molar-refractivity contribution is 0.395. The van der Waals surface area contributed by atoms with Gasteiger partial charge in [0.05, 0.1) is 25.2 Å². The number of benzene rings is 1. The number of rotatable bonds is 8. The molecule has 1 aromatic rings. The summed E-state index contributed by atoms with van der Waals surface area (Å²) in [6.45, 7) is 5.99. The summed E-state index contributed by atoms with van der Waals surface area (Å²) in [7, 11) is -0.450. The molecule has 0 heterocycles. The van der Waals surface area contributed by atoms with Crippen molar-refractivity contribution in [1.29, 1.82) is 0 Å². The average Bonchev–Trinajstić information content (AvgIpc) is 2.43. The summed E-state index contributed by atoms with van der Waals surface area (Å²) < 4.78 is 37.4. The fourth-order valence-electron chi connectivity index (χ4n) is 1.64. The lowest BCUT2D eigenvalue weighted by atomic mass is 10.3. The zero-order valence-corrected chi connectivity index (χ0v) is 14.0. The minimum Gasteiger partial charge on any atom is -0.497 e. The van der Waals surface area contributed by atoms with E-state index in [9.17, 15) is 8.42 Å². The monoisotopic (exact) mass is 316 g/mol. The maximum atomic E-state index is 12.3. The Balaban J connectivity index is 2.87. The van der Waals surface area contributed by atoms with Crippen LogP contribution in [0.1, 0.15) is 20.8 Å². The van der Waals surface area contributed by atoms with Crippen molar-refractivity contribution < 1.29 is 17.9 Å². The van der Waals surface area contributed by atoms with Crippen molar-refractivity contribution >= 4 is 15.7 Å². The lowest BCUT2D eigenvalue weighted by Gasteiger charge is -2.17. The Labute approximate surface area is 126 Å². The van der Waals surface area contributed by atoms with E-state index in [1.807, 2.05) is 13.8 Å². The van der Waals surface area contributed by atoms with Gasteiger partial charge in [-0.15, -0.1) is 0 Å². The molecule has 2 N–H and O–H groups in total. The number of hydrogen-bond acceptors (Lipinski definition) is 5. The average molecular weight is 316 g/mol. The summed E-state index contributed by atoms with van der Waals surface area (Å²) in [5.74, 6) is 1.06. The molecule has 0 aliphatic heterocycles. The van der Waals surface area contributed by atoms with E-state index in [1.54, 1.807) is 25.1 Å². The van der Waals surface area contributed by atoms with Gasteiger partial charge < -0.3 is 14.8 Å². The van der Waals surface area contributed by atoms with Gasteiger partial charge in [0.2, 0.25) is 10.0 Å². The Hall–Kier alpha value is -1.47. The number of hydrogen-bond donors (Lipinski definition) is 2. The van der Waals surface area contributed by atoms with E-state index in [2.05, 4.69) is 10.0 Å². The van der Waals surface area contributed by atoms with Gasteiger partial charge in [-0.05, 0) is 6.92 Å². The highest BCUT2D eigenvalue weighted by molar-refractivity contribution is 7.93. The SMILES string of the molecule is COc1cc(NS(=O)(=O)C(C)CNC(C)C)cc(OC)c1. The Morgan fingerprint density at radius 2 is 1.57 bits per heavy atom. The Morgan fingerprint density at radius 3 is 2.00 bits per heavy atom. The molecule has 0 aromatic heterocycles. The van der Waals surface area contributed by atoms with Crippen LogP contribution in [0.3, 0.4) is 0 Å². The Morgan fingerprint density at radius 1 is 1.05 bits per heavy atom. The first-order valence-electron chi connectivity index (χ1n) is 6.76. The number of methoxy groups -OCH3 is 2. The minimum absolute atomic E-state index is 0.236. The molecule has 6 nitrogen and oxygen atoms in total. The molecule has 21 heavy (non-hydrogen) atoms. The van der Waals surface area contributed by atoms with Gasteiger partial charge in [0, 0.05) is 30.8 Å². The van der Waals surface area contributed by atoms with Gasteiger partial charge in [0.25, 0.3) is 0 Å². The maximum absolute atomic E-state index is 12.3. The summed E-state index contributed by atoms with van der Waals surface area (Å²) in [6.07, 6.45) is 0. The summed E-state index contributed by atoms with van der Waals surface area (Å²) >= 11 is 0. The van der Waals surface area contributed by atoms with Crippen LogP contribution >= 0.6 is 0 Å². The smallest absolute Gasteiger partial charge is 0.236 e. The molecule has 1 rings (SSSR count). The zero-order chi connectivity index (χ0) is 16.0. The molecular weight excluding hydrogens is 292 g/mol. The maximum Gasteiger partial charge on any atom is 0.236 e. The third kappa shape index (κ3) is 5.43. The van der Waals surface area contributed by atoms with Crippen molar-refractivity contribution in [1.82, 2.24) is 5.32 Å². The molecular formula is C14H24N2O4S. The second kappa shape index (κ2) is 7.51. The van der Waals surface area contributed by atoms with Crippen LogP contribution in [-0.2, 0) is 10.0 Å². The molecule has 0 spiro atoms. The fraction of sp³-hybridized carbons (Fsp3) is 0.571. The molecule has 0 amide bonds. The highest BCUT2D eigenvalue weighted by Gasteiger charge is 2.21. The fourth-order valence-corrected chi connectivity index (χ4v) is 2.61. The van der Waals surface area contributed by atoms with E-state index in [0.29, 0.717) is 23.7 Å². The van der Waals surface area contributed by atoms with Gasteiger partial charge in [-0.2, -0.15) is 0 Å². The van der Waals surface area contributed by atoms with Gasteiger partial charge in [-0.25, -0.2) is 8.42 Å². The van der Waals surface area contributed by atoms with Crippen LogP contribution in [0, 0.1) is 0 Å². The van der Waals surface area contributed by atoms with Crippen molar-refractivity contribution in [2.75, 3.05) is 25.5 Å². The topological polar surface area (TPSA) is 76.7 Å². The van der Waals surface area contributed by atoms with Crippen molar-refractivity contribution in [2.45, 2.75) is 32.1 Å². The van der Waals surface area contributed by atoms with E-state index in [0.717, 1.165) is 0 Å². The molecule has 0 aliphatic carbocycles. The van der Waals surface area contributed by atoms with Crippen LogP contribution in [0.4, 0.5) is 5.69 Å². The summed E-state index contributed by atoms with van der Waals surface area (Å²) in [5, 5.41) is 2.56. The van der Waals surface area contributed by atoms with Gasteiger partial charge in [0.1, 0.15) is 11.5 Å². The lowest BCUT2D eigenvalue weighted by Crippen LogP contribution is -2.37. The standard InChI is InChI=1S/C14H24N2O4S/c1-10(2)15-9-11(3)21(17,18)16-12-6-13(19-4)8-14(7-12)20-5/h6-8,10-11,15-16H,9H2,1-5H3. The predicted molar refractivity (Wildman–Crippen MR) is 84.7 cm³/mol. The van der Waals surface area contributed by atoms with Crippen LogP contribution < -0.4 is 19.5 Å². The third-order valence-electron chi connectivity index (χ3n) is 2.95. The Bertz CT molecular complexity index is 536. The largest absolute Gasteiger partial charge is 0.497 e. The van der Waals surface area contributed by atoms with Gasteiger partial charge >= 0.3 is 0 Å². The first kappa shape index (κ1) is 17.6. The first-order chi connectivity index (χ1) is 9.78. The Kier molecular flexibility index (Phi) is 6.29. The van der Waals surface area contributed by atoms with Crippen LogP contribution in [0.2, 0.25) is 0 Å². The van der Waals surface area contributed by atoms with E-state index < -0.39 is 15.3 Å². The molecule has 0 aliphatic rings. The van der Waals surface area contributed by atoms with Crippen molar-refractivity contribution in [3.05, 3.63) is 18.2 Å². The van der Waals surface area contributed by atoms with Crippen LogP contribution in [0.5, 0.6) is 11.5 Å². The molecule has 1 atom stereocenters. The molecule has 120 valence electrons. The predicted octanol–water partition coefficient (Wildman–Crippen LogP) is 1.83. The molecule has 1 aromatic carbocycles. The molecule has 0 fully saturated rings. The van der Waals surface area contributed by atoms with Crippen LogP contribution in [-0.4, -0.2) is 40.5 Å². The molecule has 0 saturated carbocycles. The molecule has 7 heteroatoms. The van der Waals surface area contributed by atoms with Gasteiger partial charge in [-0.3, -0.25) is 4.72 Å². The number of anilines is 1. The van der Waals surface area contributed by atoms with Crippen LogP contribution in [0.25, 0.3) is 0 Å². The second-order valence-electron chi connectivity index (χ2n) is 5.12. The van der Waals surface area contributed by atoms with E-state index in [-0.39, 0.29) is 6.04 Å². The second-order valence-corrected chi connectivity index (χ2v) is 7.22. The zero-order valence-electron chi connectivity index (χ0n) is 13.1. The van der Waals surface area contributed by atoms with E-state index in [1.165, 1.54) is 14.2 Å². The van der Waals surface area contributed by atoms with E-state index >= 15 is 0 Å². The third-order valence-corrected chi connectivity index (χ3v) is 4.70. The quantitative estimate of drug-likeness (QED) is 0.765. The highest BCUT2D eigenvalue weighted by atomic mass is 32.2. The highest BCUT2D eigenvalue weighted by Crippen LogP contribution is 2.26. The first-order valence-corrected chi connectivity index (χ1v) is 8.31. The minimum atomic E-state index is -3.48. The summed E-state index contributed by atoms with van der Waals surface area (Å²) in [5.41, 5.74) is 0.419. The number of ether oxygens (including phenoxy) is 2. The summed E-state index contributed by atoms with van der Waals surface area (Å²) in [4.78, 5) is 0. The molecule has 1 unspecified atom stereocenters. The molecule has 0 saturated heterocycles. The summed E-state index contributed by atoms with van der Waals surface area (Å²) in [6, 6.07) is 5.15. The van der Waals surface area contributed by atoms with Crippen LogP contribution in [0.15, 0.2) is 18.2 Å². The number of sulfonamides is 1. The van der Waals surface area contributed by atoms with Gasteiger partial charge in [0.15, 0.2) is 0 Å². The van der Waals surface area contributed by atoms with Crippen molar-refractivity contribution in [3.8, 4) is 11.5 Å².